The highest BCUT2D eigenvalue weighted by molar-refractivity contribution is 7.98. The minimum absolute atomic E-state index is 0.127. The quantitative estimate of drug-likeness (QED) is 0.499. The molecule has 2 rings (SSSR count). The van der Waals surface area contributed by atoms with Gasteiger partial charge < -0.3 is 5.73 Å². The van der Waals surface area contributed by atoms with E-state index in [1.54, 1.807) is 11.8 Å². The molecule has 0 saturated heterocycles. The van der Waals surface area contributed by atoms with Crippen molar-refractivity contribution in [2.75, 3.05) is 0 Å². The Kier molecular flexibility index (Phi) is 4.05. The second kappa shape index (κ2) is 5.74. The van der Waals surface area contributed by atoms with Gasteiger partial charge in [0, 0.05) is 16.2 Å². The minimum Gasteiger partial charge on any atom is -0.384 e. The van der Waals surface area contributed by atoms with E-state index < -0.39 is 0 Å². The second-order valence-electron chi connectivity index (χ2n) is 4.19. The van der Waals surface area contributed by atoms with E-state index in [4.69, 9.17) is 11.1 Å². The van der Waals surface area contributed by atoms with E-state index in [0.29, 0.717) is 0 Å². The average molecular weight is 256 g/mol. The van der Waals surface area contributed by atoms with Crippen molar-refractivity contribution in [2.24, 2.45) is 5.73 Å². The molecule has 0 fully saturated rings. The number of hydrogen-bond acceptors (Lipinski definition) is 2. The minimum atomic E-state index is 0.127. The summed E-state index contributed by atoms with van der Waals surface area (Å²) in [4.78, 5) is 1.06. The van der Waals surface area contributed by atoms with Gasteiger partial charge in [-0.3, -0.25) is 5.41 Å². The lowest BCUT2D eigenvalue weighted by Crippen LogP contribution is -2.12. The van der Waals surface area contributed by atoms with Crippen LogP contribution in [0, 0.1) is 12.3 Å². The molecule has 3 heteroatoms. The summed E-state index contributed by atoms with van der Waals surface area (Å²) in [6.45, 7) is 2.09. The Bertz CT molecular complexity index is 564. The van der Waals surface area contributed by atoms with Crippen molar-refractivity contribution in [3.63, 3.8) is 0 Å². The van der Waals surface area contributed by atoms with Crippen molar-refractivity contribution < 1.29 is 0 Å². The normalized spacial score (nSPS) is 10.3. The van der Waals surface area contributed by atoms with Crippen molar-refractivity contribution in [2.45, 2.75) is 17.6 Å². The highest BCUT2D eigenvalue weighted by atomic mass is 32.2. The maximum Gasteiger partial charge on any atom is 0.123 e. The molecule has 0 unspecified atom stereocenters. The lowest BCUT2D eigenvalue weighted by Gasteiger charge is -2.08. The molecule has 2 aromatic carbocycles. The fourth-order valence-electron chi connectivity index (χ4n) is 1.78. The fourth-order valence-corrected chi connectivity index (χ4v) is 2.79. The summed E-state index contributed by atoms with van der Waals surface area (Å²) in [6.07, 6.45) is 0. The first kappa shape index (κ1) is 12.7. The molecule has 2 aromatic rings. The van der Waals surface area contributed by atoms with Gasteiger partial charge in [-0.2, -0.15) is 0 Å². The van der Waals surface area contributed by atoms with E-state index in [1.165, 1.54) is 11.1 Å². The number of nitrogens with one attached hydrogen (secondary N) is 1. The number of rotatable bonds is 4. The summed E-state index contributed by atoms with van der Waals surface area (Å²) >= 11 is 1.72. The van der Waals surface area contributed by atoms with Crippen molar-refractivity contribution in [1.29, 1.82) is 5.41 Å². The predicted octanol–water partition coefficient (Wildman–Crippen LogP) is 3.57. The molecule has 0 radical (unpaired) electrons. The SMILES string of the molecule is Cc1cccc(CSc2ccccc2C(=N)N)c1. The van der Waals surface area contributed by atoms with Crippen LogP contribution in [-0.4, -0.2) is 5.84 Å². The summed E-state index contributed by atoms with van der Waals surface area (Å²) < 4.78 is 0. The van der Waals surface area contributed by atoms with Crippen LogP contribution in [0.1, 0.15) is 16.7 Å². The first-order valence-corrected chi connectivity index (χ1v) is 6.77. The molecular formula is C15H16N2S. The van der Waals surface area contributed by atoms with E-state index in [0.717, 1.165) is 16.2 Å². The van der Waals surface area contributed by atoms with Gasteiger partial charge in [-0.25, -0.2) is 0 Å². The van der Waals surface area contributed by atoms with Crippen LogP contribution in [-0.2, 0) is 5.75 Å². The van der Waals surface area contributed by atoms with Crippen LogP contribution < -0.4 is 5.73 Å². The van der Waals surface area contributed by atoms with Crippen molar-refractivity contribution >= 4 is 17.6 Å². The number of benzene rings is 2. The Labute approximate surface area is 112 Å². The van der Waals surface area contributed by atoms with E-state index in [1.807, 2.05) is 24.3 Å². The molecule has 2 nitrogen and oxygen atoms in total. The summed E-state index contributed by atoms with van der Waals surface area (Å²) in [6, 6.07) is 16.3. The van der Waals surface area contributed by atoms with Gasteiger partial charge in [-0.15, -0.1) is 11.8 Å². The van der Waals surface area contributed by atoms with Gasteiger partial charge in [0.05, 0.1) is 0 Å². The Hall–Kier alpha value is -1.74. The van der Waals surface area contributed by atoms with Crippen LogP contribution in [0.4, 0.5) is 0 Å². The topological polar surface area (TPSA) is 49.9 Å². The molecule has 0 aliphatic heterocycles. The smallest absolute Gasteiger partial charge is 0.123 e. The summed E-state index contributed by atoms with van der Waals surface area (Å²) in [5.74, 6) is 1.02. The van der Waals surface area contributed by atoms with Gasteiger partial charge in [0.15, 0.2) is 0 Å². The van der Waals surface area contributed by atoms with Crippen LogP contribution in [0.15, 0.2) is 53.4 Å². The third kappa shape index (κ3) is 3.14. The Morgan fingerprint density at radius 1 is 1.17 bits per heavy atom. The molecule has 0 amide bonds. The molecule has 0 aliphatic rings. The van der Waals surface area contributed by atoms with Crippen LogP contribution in [0.3, 0.4) is 0 Å². The molecule has 18 heavy (non-hydrogen) atoms. The Balaban J connectivity index is 2.13. The monoisotopic (exact) mass is 256 g/mol. The molecule has 0 spiro atoms. The highest BCUT2D eigenvalue weighted by Crippen LogP contribution is 2.26. The van der Waals surface area contributed by atoms with Gasteiger partial charge in [0.25, 0.3) is 0 Å². The van der Waals surface area contributed by atoms with Crippen LogP contribution in [0.2, 0.25) is 0 Å². The van der Waals surface area contributed by atoms with E-state index in [2.05, 4.69) is 31.2 Å². The zero-order valence-electron chi connectivity index (χ0n) is 10.3. The second-order valence-corrected chi connectivity index (χ2v) is 5.20. The molecule has 0 saturated carbocycles. The molecule has 0 aliphatic carbocycles. The Morgan fingerprint density at radius 3 is 2.67 bits per heavy atom. The molecule has 92 valence electrons. The van der Waals surface area contributed by atoms with E-state index >= 15 is 0 Å². The predicted molar refractivity (Wildman–Crippen MR) is 78.2 cm³/mol. The zero-order chi connectivity index (χ0) is 13.0. The largest absolute Gasteiger partial charge is 0.384 e. The van der Waals surface area contributed by atoms with Crippen LogP contribution in [0.5, 0.6) is 0 Å². The number of aryl methyl sites for hydroxylation is 1. The van der Waals surface area contributed by atoms with Crippen molar-refractivity contribution in [3.05, 3.63) is 65.2 Å². The first-order chi connectivity index (χ1) is 8.66. The van der Waals surface area contributed by atoms with Crippen LogP contribution >= 0.6 is 11.8 Å². The summed E-state index contributed by atoms with van der Waals surface area (Å²) in [5.41, 5.74) is 8.95. The van der Waals surface area contributed by atoms with Gasteiger partial charge in [0.1, 0.15) is 5.84 Å². The van der Waals surface area contributed by atoms with Gasteiger partial charge >= 0.3 is 0 Å². The maximum atomic E-state index is 7.56. The van der Waals surface area contributed by atoms with E-state index in [-0.39, 0.29) is 5.84 Å². The lowest BCUT2D eigenvalue weighted by atomic mass is 10.2. The third-order valence-electron chi connectivity index (χ3n) is 2.65. The number of amidine groups is 1. The summed E-state index contributed by atoms with van der Waals surface area (Å²) in [7, 11) is 0. The first-order valence-electron chi connectivity index (χ1n) is 5.78. The Morgan fingerprint density at radius 2 is 1.94 bits per heavy atom. The maximum absolute atomic E-state index is 7.56. The molecular weight excluding hydrogens is 240 g/mol. The average Bonchev–Trinajstić information content (AvgIpc) is 2.37. The molecule has 0 aromatic heterocycles. The number of hydrogen-bond donors (Lipinski definition) is 2. The summed E-state index contributed by atoms with van der Waals surface area (Å²) in [5, 5.41) is 7.56. The van der Waals surface area contributed by atoms with Crippen molar-refractivity contribution in [1.82, 2.24) is 0 Å². The molecule has 0 bridgehead atoms. The molecule has 0 heterocycles. The number of nitrogens with two attached hydrogens (primary N) is 1. The zero-order valence-corrected chi connectivity index (χ0v) is 11.1. The lowest BCUT2D eigenvalue weighted by molar-refractivity contribution is 1.31. The van der Waals surface area contributed by atoms with Gasteiger partial charge in [-0.05, 0) is 18.6 Å². The van der Waals surface area contributed by atoms with Gasteiger partial charge in [-0.1, -0.05) is 48.0 Å². The van der Waals surface area contributed by atoms with Crippen molar-refractivity contribution in [3.8, 4) is 0 Å². The van der Waals surface area contributed by atoms with E-state index in [9.17, 15) is 0 Å². The highest BCUT2D eigenvalue weighted by Gasteiger charge is 2.05. The van der Waals surface area contributed by atoms with Gasteiger partial charge in [0.2, 0.25) is 0 Å². The van der Waals surface area contributed by atoms with Crippen LogP contribution in [0.25, 0.3) is 0 Å². The third-order valence-corrected chi connectivity index (χ3v) is 3.80. The fraction of sp³-hybridized carbons (Fsp3) is 0.133. The number of thioether (sulfide) groups is 1. The standard InChI is InChI=1S/C15H16N2S/c1-11-5-4-6-12(9-11)10-18-14-8-3-2-7-13(14)15(16)17/h2-9H,10H2,1H3,(H3,16,17). The molecule has 3 N–H and O–H groups in total. The molecule has 0 atom stereocenters. The number of nitrogen functional groups attached to an aromatic ring is 1.